The summed E-state index contributed by atoms with van der Waals surface area (Å²) in [4.78, 5) is 38.4. The Morgan fingerprint density at radius 1 is 1.05 bits per heavy atom. The molecule has 0 aromatic heterocycles. The summed E-state index contributed by atoms with van der Waals surface area (Å²) >= 11 is 0. The van der Waals surface area contributed by atoms with E-state index in [1.54, 1.807) is 60.0 Å². The van der Waals surface area contributed by atoms with Crippen molar-refractivity contribution in [3.8, 4) is 16.9 Å². The van der Waals surface area contributed by atoms with Crippen LogP contribution < -0.4 is 25.0 Å². The van der Waals surface area contributed by atoms with Crippen LogP contribution in [0.2, 0.25) is 0 Å². The standard InChI is InChI=1S/C47H65F3N6O8S/c1-28-38-23-34(46(38,3)4)24-39(28)53-45(60)42-41(29(2)58)40(27-57)64-56(42)25-31-15-12-16-37(43(31)63-8)32-20-33(22-36(21-32)55(7)18-17-51-65(61,62)47(48,49)50)44(59)52-35(26-54(5)6)19-30-13-10-9-11-14-30/h9-16,20-22,28-29,34-35,38-42,51,57-58H,17-19,23-27H2,1-8H3,(H,52,59)(H,53,60)/t28-,29-,34?,35-,38+,39-,40-,41+,42-/m0/s1. The van der Waals surface area contributed by atoms with Gasteiger partial charge in [-0.05, 0) is 92.8 Å². The Kier molecular flexibility index (Phi) is 15.6. The van der Waals surface area contributed by atoms with E-state index >= 15 is 0 Å². The topological polar surface area (TPSA) is 173 Å². The third kappa shape index (κ3) is 11.1. The van der Waals surface area contributed by atoms with Crippen LogP contribution in [0.25, 0.3) is 11.1 Å². The summed E-state index contributed by atoms with van der Waals surface area (Å²) in [6.07, 6.45) is 0.649. The summed E-state index contributed by atoms with van der Waals surface area (Å²) in [6.45, 7) is 7.67. The van der Waals surface area contributed by atoms with Gasteiger partial charge in [-0.25, -0.2) is 13.1 Å². The van der Waals surface area contributed by atoms with Gasteiger partial charge in [0, 0.05) is 67.1 Å². The van der Waals surface area contributed by atoms with E-state index in [0.717, 1.165) is 18.4 Å². The highest BCUT2D eigenvalue weighted by atomic mass is 32.2. The Labute approximate surface area is 380 Å². The number of para-hydroxylation sites is 1. The predicted molar refractivity (Wildman–Crippen MR) is 242 cm³/mol. The summed E-state index contributed by atoms with van der Waals surface area (Å²) in [7, 11) is 1.27. The SMILES string of the molecule is COc1c(CN2O[C@@H](CO)[C@@H]([C@H](C)O)[C@H]2C(=O)N[C@H]2CC3C[C@H]([C@@H]2C)C3(C)C)cccc1-c1cc(C(=O)N[C@@H](Cc2ccccc2)CN(C)C)cc(N(C)CCNS(=O)(=O)C(F)(F)F)c1. The number of carbonyl (C=O) groups is 2. The van der Waals surface area contributed by atoms with Crippen molar-refractivity contribution >= 4 is 27.5 Å². The number of methoxy groups -OCH3 is 1. The minimum atomic E-state index is -5.59. The maximum Gasteiger partial charge on any atom is 0.511 e. The quantitative estimate of drug-likeness (QED) is 0.112. The molecule has 0 radical (unpaired) electrons. The zero-order valence-corrected chi connectivity index (χ0v) is 39.2. The van der Waals surface area contributed by atoms with Crippen molar-refractivity contribution in [3.05, 3.63) is 83.4 Å². The summed E-state index contributed by atoms with van der Waals surface area (Å²) in [5, 5.41) is 29.4. The summed E-state index contributed by atoms with van der Waals surface area (Å²) in [5.41, 5.74) is -2.00. The van der Waals surface area contributed by atoms with Gasteiger partial charge in [-0.2, -0.15) is 18.2 Å². The van der Waals surface area contributed by atoms with Crippen molar-refractivity contribution in [2.75, 3.05) is 59.4 Å². The fourth-order valence-electron chi connectivity index (χ4n) is 10.3. The lowest BCUT2D eigenvalue weighted by atomic mass is 9.45. The minimum Gasteiger partial charge on any atom is -0.496 e. The molecule has 358 valence electrons. The van der Waals surface area contributed by atoms with Crippen molar-refractivity contribution in [2.24, 2.45) is 29.1 Å². The van der Waals surface area contributed by atoms with Crippen LogP contribution >= 0.6 is 0 Å². The fourth-order valence-corrected chi connectivity index (χ4v) is 10.8. The molecule has 9 atom stereocenters. The molecule has 3 aromatic carbocycles. The second kappa shape index (κ2) is 20.3. The molecule has 4 aliphatic rings. The van der Waals surface area contributed by atoms with Crippen LogP contribution in [0.1, 0.15) is 62.0 Å². The fraction of sp³-hybridized carbons (Fsp3) is 0.574. The van der Waals surface area contributed by atoms with Gasteiger partial charge in [-0.3, -0.25) is 14.4 Å². The molecule has 18 heteroatoms. The summed E-state index contributed by atoms with van der Waals surface area (Å²) in [5.74, 6) is 0.123. The molecule has 1 unspecified atom stereocenters. The molecule has 2 amide bonds. The number of nitrogens with one attached hydrogen (secondary N) is 3. The number of benzene rings is 3. The van der Waals surface area contributed by atoms with Crippen LogP contribution in [0.5, 0.6) is 5.75 Å². The lowest BCUT2D eigenvalue weighted by Crippen LogP contribution is -2.62. The first-order chi connectivity index (χ1) is 30.6. The third-order valence-electron chi connectivity index (χ3n) is 13.9. The highest BCUT2D eigenvalue weighted by Crippen LogP contribution is 2.61. The monoisotopic (exact) mass is 930 g/mol. The highest BCUT2D eigenvalue weighted by Gasteiger charge is 2.57. The molecule has 4 fully saturated rings. The number of ether oxygens (including phenoxy) is 1. The van der Waals surface area contributed by atoms with Crippen LogP contribution in [0.15, 0.2) is 66.7 Å². The number of alkyl halides is 3. The van der Waals surface area contributed by atoms with Gasteiger partial charge in [0.1, 0.15) is 17.9 Å². The van der Waals surface area contributed by atoms with E-state index in [0.29, 0.717) is 52.9 Å². The largest absolute Gasteiger partial charge is 0.511 e. The van der Waals surface area contributed by atoms with Crippen LogP contribution in [0, 0.1) is 29.1 Å². The van der Waals surface area contributed by atoms with Gasteiger partial charge in [0.05, 0.1) is 26.4 Å². The molecule has 7 rings (SSSR count). The van der Waals surface area contributed by atoms with Crippen LogP contribution in [0.4, 0.5) is 18.9 Å². The number of carbonyl (C=O) groups excluding carboxylic acids is 2. The van der Waals surface area contributed by atoms with E-state index in [-0.39, 0.29) is 48.0 Å². The average Bonchev–Trinajstić information content (AvgIpc) is 3.62. The van der Waals surface area contributed by atoms with Gasteiger partial charge < -0.3 is 35.4 Å². The number of rotatable bonds is 19. The number of halogens is 3. The van der Waals surface area contributed by atoms with Crippen molar-refractivity contribution < 1.29 is 51.0 Å². The first-order valence-corrected chi connectivity index (χ1v) is 23.6. The molecule has 2 bridgehead atoms. The zero-order chi connectivity index (χ0) is 47.6. The normalized spacial score (nSPS) is 25.1. The zero-order valence-electron chi connectivity index (χ0n) is 38.4. The molecule has 14 nitrogen and oxygen atoms in total. The second-order valence-electron chi connectivity index (χ2n) is 18.9. The van der Waals surface area contributed by atoms with Crippen molar-refractivity contribution in [2.45, 2.75) is 89.3 Å². The predicted octanol–water partition coefficient (Wildman–Crippen LogP) is 4.80. The molecule has 3 aliphatic carbocycles. The smallest absolute Gasteiger partial charge is 0.496 e. The molecule has 0 spiro atoms. The number of aliphatic hydroxyl groups excluding tert-OH is 2. The molecule has 3 aromatic rings. The van der Waals surface area contributed by atoms with Gasteiger partial charge in [0.25, 0.3) is 5.91 Å². The Morgan fingerprint density at radius 3 is 2.35 bits per heavy atom. The lowest BCUT2D eigenvalue weighted by Gasteiger charge is -2.62. The lowest BCUT2D eigenvalue weighted by molar-refractivity contribution is -0.183. The maximum absolute atomic E-state index is 14.4. The number of amides is 2. The number of fused-ring (bicyclic) bond motifs is 2. The van der Waals surface area contributed by atoms with E-state index in [1.807, 2.05) is 49.3 Å². The molecular formula is C47H65F3N6O8S. The molecule has 1 saturated heterocycles. The number of anilines is 1. The van der Waals surface area contributed by atoms with Crippen molar-refractivity contribution in [1.82, 2.24) is 25.3 Å². The molecular weight excluding hydrogens is 866 g/mol. The Morgan fingerprint density at radius 2 is 1.75 bits per heavy atom. The maximum atomic E-state index is 14.4. The number of nitrogens with zero attached hydrogens (tertiary/aromatic N) is 3. The Bertz CT molecular complexity index is 2250. The van der Waals surface area contributed by atoms with E-state index < -0.39 is 58.8 Å². The number of aliphatic hydroxyl groups is 2. The van der Waals surface area contributed by atoms with Crippen molar-refractivity contribution in [1.29, 1.82) is 0 Å². The van der Waals surface area contributed by atoms with Gasteiger partial charge in [0.2, 0.25) is 5.91 Å². The summed E-state index contributed by atoms with van der Waals surface area (Å²) in [6, 6.07) is 18.7. The average molecular weight is 931 g/mol. The van der Waals surface area contributed by atoms with E-state index in [9.17, 15) is 41.4 Å². The van der Waals surface area contributed by atoms with Crippen LogP contribution in [-0.2, 0) is 32.6 Å². The molecule has 1 aliphatic heterocycles. The Hall–Kier alpha value is -4.30. The first-order valence-electron chi connectivity index (χ1n) is 22.2. The number of hydrogen-bond donors (Lipinski definition) is 5. The number of likely N-dealkylation sites (N-methyl/N-ethyl adjacent to an activating group) is 2. The molecule has 1 heterocycles. The summed E-state index contributed by atoms with van der Waals surface area (Å²) < 4.78 is 70.6. The number of hydrogen-bond acceptors (Lipinski definition) is 11. The van der Waals surface area contributed by atoms with E-state index in [4.69, 9.17) is 9.57 Å². The van der Waals surface area contributed by atoms with Crippen LogP contribution in [-0.4, -0.2) is 131 Å². The Balaban J connectivity index is 1.33. The highest BCUT2D eigenvalue weighted by molar-refractivity contribution is 7.90. The molecule has 3 saturated carbocycles. The van der Waals surface area contributed by atoms with Gasteiger partial charge in [-0.15, -0.1) is 0 Å². The number of hydroxylamine groups is 2. The third-order valence-corrected chi connectivity index (χ3v) is 15.1. The second-order valence-corrected chi connectivity index (χ2v) is 20.6. The van der Waals surface area contributed by atoms with Gasteiger partial charge >= 0.3 is 15.5 Å². The minimum absolute atomic E-state index is 0.00527. The molecule has 65 heavy (non-hydrogen) atoms. The van der Waals surface area contributed by atoms with Crippen LogP contribution in [0.3, 0.4) is 0 Å². The van der Waals surface area contributed by atoms with Gasteiger partial charge in [0.15, 0.2) is 0 Å². The number of sulfonamides is 1. The van der Waals surface area contributed by atoms with Gasteiger partial charge in [-0.1, -0.05) is 69.3 Å². The van der Waals surface area contributed by atoms with Crippen molar-refractivity contribution in [3.63, 3.8) is 0 Å². The van der Waals surface area contributed by atoms with E-state index in [2.05, 4.69) is 31.4 Å². The molecule has 5 N–H and O–H groups in total. The van der Waals surface area contributed by atoms with E-state index in [1.165, 1.54) is 12.2 Å². The first kappa shape index (κ1) is 50.1.